The van der Waals surface area contributed by atoms with E-state index in [2.05, 4.69) is 5.32 Å². The predicted molar refractivity (Wildman–Crippen MR) is 80.3 cm³/mol. The second kappa shape index (κ2) is 7.18. The lowest BCUT2D eigenvalue weighted by atomic mass is 9.96. The number of halogens is 2. The van der Waals surface area contributed by atoms with E-state index < -0.39 is 29.6 Å². The van der Waals surface area contributed by atoms with Crippen molar-refractivity contribution in [1.82, 2.24) is 5.32 Å². The standard InChI is InChI=1S/C17H23F2NO2/c1-3-10(4-2)15(21)9-20-17(22)12-8-11(12)16-13(18)6-5-7-14(16)19/h5-7,10-12,15,21H,3-4,8-9H2,1-2H3,(H,20,22). The summed E-state index contributed by atoms with van der Waals surface area (Å²) >= 11 is 0. The molecule has 5 heteroatoms. The van der Waals surface area contributed by atoms with Crippen LogP contribution < -0.4 is 5.32 Å². The molecule has 1 amide bonds. The van der Waals surface area contributed by atoms with Crippen LogP contribution in [0.15, 0.2) is 18.2 Å². The Morgan fingerprint density at radius 2 is 1.91 bits per heavy atom. The number of carbonyl (C=O) groups is 1. The largest absolute Gasteiger partial charge is 0.391 e. The topological polar surface area (TPSA) is 49.3 Å². The molecule has 1 aromatic carbocycles. The van der Waals surface area contributed by atoms with E-state index in [1.807, 2.05) is 13.8 Å². The first kappa shape index (κ1) is 16.9. The molecule has 1 aromatic rings. The summed E-state index contributed by atoms with van der Waals surface area (Å²) in [6.07, 6.45) is 1.56. The molecule has 3 unspecified atom stereocenters. The van der Waals surface area contributed by atoms with Crippen molar-refractivity contribution in [3.8, 4) is 0 Å². The fourth-order valence-electron chi connectivity index (χ4n) is 3.00. The molecule has 2 N–H and O–H groups in total. The lowest BCUT2D eigenvalue weighted by Crippen LogP contribution is -2.37. The van der Waals surface area contributed by atoms with E-state index in [1.54, 1.807) is 0 Å². The second-order valence-electron chi connectivity index (χ2n) is 5.97. The molecule has 0 aliphatic heterocycles. The van der Waals surface area contributed by atoms with Crippen LogP contribution in [0.1, 0.15) is 44.6 Å². The number of amides is 1. The van der Waals surface area contributed by atoms with Crippen LogP contribution in [-0.2, 0) is 4.79 Å². The quantitative estimate of drug-likeness (QED) is 0.813. The number of benzene rings is 1. The molecule has 0 spiro atoms. The summed E-state index contributed by atoms with van der Waals surface area (Å²) in [6, 6.07) is 3.74. The third-order valence-corrected chi connectivity index (χ3v) is 4.58. The maximum Gasteiger partial charge on any atom is 0.223 e. The first-order valence-electron chi connectivity index (χ1n) is 7.89. The molecule has 1 fully saturated rings. The highest BCUT2D eigenvalue weighted by Gasteiger charge is 2.46. The van der Waals surface area contributed by atoms with Gasteiger partial charge in [-0.1, -0.05) is 32.8 Å². The molecule has 0 aromatic heterocycles. The molecule has 0 heterocycles. The average molecular weight is 311 g/mol. The normalized spacial score (nSPS) is 21.7. The van der Waals surface area contributed by atoms with E-state index in [4.69, 9.17) is 0 Å². The number of aliphatic hydroxyl groups excluding tert-OH is 1. The van der Waals surface area contributed by atoms with Crippen LogP contribution in [0.2, 0.25) is 0 Å². The van der Waals surface area contributed by atoms with Crippen molar-refractivity contribution < 1.29 is 18.7 Å². The maximum absolute atomic E-state index is 13.7. The molecule has 1 saturated carbocycles. The van der Waals surface area contributed by atoms with Gasteiger partial charge in [-0.3, -0.25) is 4.79 Å². The third-order valence-electron chi connectivity index (χ3n) is 4.58. The molecular weight excluding hydrogens is 288 g/mol. The van der Waals surface area contributed by atoms with E-state index in [9.17, 15) is 18.7 Å². The Balaban J connectivity index is 1.89. The van der Waals surface area contributed by atoms with Gasteiger partial charge in [0.15, 0.2) is 0 Å². The summed E-state index contributed by atoms with van der Waals surface area (Å²) in [5.41, 5.74) is 0.00295. The number of aliphatic hydroxyl groups is 1. The van der Waals surface area contributed by atoms with Gasteiger partial charge in [0.25, 0.3) is 0 Å². The fraction of sp³-hybridized carbons (Fsp3) is 0.588. The zero-order chi connectivity index (χ0) is 16.3. The Morgan fingerprint density at radius 3 is 2.45 bits per heavy atom. The van der Waals surface area contributed by atoms with E-state index in [-0.39, 0.29) is 23.9 Å². The average Bonchev–Trinajstić information content (AvgIpc) is 3.26. The predicted octanol–water partition coefficient (Wildman–Crippen LogP) is 2.98. The van der Waals surface area contributed by atoms with Gasteiger partial charge in [0.05, 0.1) is 6.10 Å². The fourth-order valence-corrected chi connectivity index (χ4v) is 3.00. The first-order valence-corrected chi connectivity index (χ1v) is 7.89. The van der Waals surface area contributed by atoms with Crippen LogP contribution in [0.25, 0.3) is 0 Å². The molecule has 3 atom stereocenters. The molecule has 0 radical (unpaired) electrons. The number of rotatable bonds is 7. The van der Waals surface area contributed by atoms with Gasteiger partial charge in [0.2, 0.25) is 5.91 Å². The summed E-state index contributed by atoms with van der Waals surface area (Å²) in [5.74, 6) is -2.08. The Hall–Kier alpha value is -1.49. The highest BCUT2D eigenvalue weighted by Crippen LogP contribution is 2.49. The van der Waals surface area contributed by atoms with E-state index in [1.165, 1.54) is 18.2 Å². The summed E-state index contributed by atoms with van der Waals surface area (Å²) < 4.78 is 27.4. The molecule has 3 nitrogen and oxygen atoms in total. The smallest absolute Gasteiger partial charge is 0.223 e. The second-order valence-corrected chi connectivity index (χ2v) is 5.97. The Morgan fingerprint density at radius 1 is 1.32 bits per heavy atom. The van der Waals surface area contributed by atoms with Crippen molar-refractivity contribution in [2.75, 3.05) is 6.54 Å². The molecule has 2 rings (SSSR count). The highest BCUT2D eigenvalue weighted by molar-refractivity contribution is 5.82. The monoisotopic (exact) mass is 311 g/mol. The van der Waals surface area contributed by atoms with E-state index >= 15 is 0 Å². The molecule has 1 aliphatic rings. The molecule has 0 saturated heterocycles. The number of carbonyl (C=O) groups excluding carboxylic acids is 1. The van der Waals surface area contributed by atoms with Crippen LogP contribution in [0.4, 0.5) is 8.78 Å². The van der Waals surface area contributed by atoms with Crippen molar-refractivity contribution in [3.05, 3.63) is 35.4 Å². The van der Waals surface area contributed by atoms with Gasteiger partial charge in [-0.05, 0) is 24.5 Å². The van der Waals surface area contributed by atoms with Crippen LogP contribution in [-0.4, -0.2) is 23.7 Å². The van der Waals surface area contributed by atoms with Gasteiger partial charge in [-0.25, -0.2) is 8.78 Å². The van der Waals surface area contributed by atoms with Gasteiger partial charge >= 0.3 is 0 Å². The van der Waals surface area contributed by atoms with Gasteiger partial charge < -0.3 is 10.4 Å². The zero-order valence-electron chi connectivity index (χ0n) is 13.0. The minimum atomic E-state index is -0.600. The minimum absolute atomic E-state index is 0.00295. The number of nitrogens with one attached hydrogen (secondary N) is 1. The lowest BCUT2D eigenvalue weighted by molar-refractivity contribution is -0.123. The Kier molecular flexibility index (Phi) is 5.51. The summed E-state index contributed by atoms with van der Waals surface area (Å²) in [6.45, 7) is 4.18. The molecule has 122 valence electrons. The summed E-state index contributed by atoms with van der Waals surface area (Å²) in [5, 5.41) is 12.7. The lowest BCUT2D eigenvalue weighted by Gasteiger charge is -2.20. The van der Waals surface area contributed by atoms with Crippen molar-refractivity contribution in [2.45, 2.75) is 45.1 Å². The number of hydrogen-bond donors (Lipinski definition) is 2. The highest BCUT2D eigenvalue weighted by atomic mass is 19.1. The summed E-state index contributed by atoms with van der Waals surface area (Å²) in [4.78, 5) is 12.0. The van der Waals surface area contributed by atoms with Crippen LogP contribution in [0.5, 0.6) is 0 Å². The summed E-state index contributed by atoms with van der Waals surface area (Å²) in [7, 11) is 0. The van der Waals surface area contributed by atoms with Crippen LogP contribution in [0.3, 0.4) is 0 Å². The SMILES string of the molecule is CCC(CC)C(O)CNC(=O)C1CC1c1c(F)cccc1F. The molecule has 0 bridgehead atoms. The van der Waals surface area contributed by atoms with Gasteiger partial charge in [0.1, 0.15) is 11.6 Å². The van der Waals surface area contributed by atoms with Crippen molar-refractivity contribution >= 4 is 5.91 Å². The van der Waals surface area contributed by atoms with Gasteiger partial charge in [0, 0.05) is 23.9 Å². The Labute approximate surface area is 129 Å². The molecule has 1 aliphatic carbocycles. The molecule has 22 heavy (non-hydrogen) atoms. The number of hydrogen-bond acceptors (Lipinski definition) is 2. The van der Waals surface area contributed by atoms with Gasteiger partial charge in [-0.15, -0.1) is 0 Å². The van der Waals surface area contributed by atoms with Crippen molar-refractivity contribution in [3.63, 3.8) is 0 Å². The van der Waals surface area contributed by atoms with Crippen molar-refractivity contribution in [1.29, 1.82) is 0 Å². The minimum Gasteiger partial charge on any atom is -0.391 e. The third kappa shape index (κ3) is 3.64. The van der Waals surface area contributed by atoms with Gasteiger partial charge in [-0.2, -0.15) is 0 Å². The first-order chi connectivity index (χ1) is 10.5. The molecular formula is C17H23F2NO2. The Bertz CT molecular complexity index is 511. The van der Waals surface area contributed by atoms with Crippen LogP contribution in [0, 0.1) is 23.5 Å². The maximum atomic E-state index is 13.7. The van der Waals surface area contributed by atoms with E-state index in [0.29, 0.717) is 6.42 Å². The zero-order valence-corrected chi connectivity index (χ0v) is 13.0. The van der Waals surface area contributed by atoms with E-state index in [0.717, 1.165) is 12.8 Å². The van der Waals surface area contributed by atoms with Crippen molar-refractivity contribution in [2.24, 2.45) is 11.8 Å². The van der Waals surface area contributed by atoms with Crippen LogP contribution >= 0.6 is 0 Å².